The molecule has 2 N–H and O–H groups in total. The molecular weight excluding hydrogens is 488 g/mol. The number of ketones is 1. The topological polar surface area (TPSA) is 117 Å². The van der Waals surface area contributed by atoms with Gasteiger partial charge in [-0.2, -0.15) is 0 Å². The zero-order valence-electron chi connectivity index (χ0n) is 21.2. The van der Waals surface area contributed by atoms with Gasteiger partial charge in [0.15, 0.2) is 17.8 Å². The van der Waals surface area contributed by atoms with Crippen molar-refractivity contribution >= 4 is 28.5 Å². The molecule has 4 rings (SSSR count). The van der Waals surface area contributed by atoms with E-state index in [1.807, 2.05) is 37.3 Å². The number of alkyl halides is 1. The van der Waals surface area contributed by atoms with Crippen molar-refractivity contribution in [3.05, 3.63) is 60.0 Å². The van der Waals surface area contributed by atoms with Crippen molar-refractivity contribution in [3.63, 3.8) is 0 Å². The van der Waals surface area contributed by atoms with Crippen LogP contribution in [-0.4, -0.2) is 48.2 Å². The number of unbranched alkanes of at least 4 members (excludes halogenated alkanes) is 2. The number of aryl methyl sites for hydroxylation is 1. The first kappa shape index (κ1) is 29.3. The number of benzene rings is 2. The van der Waals surface area contributed by atoms with Crippen LogP contribution in [0.4, 0.5) is 10.1 Å². The molecule has 2 heterocycles. The average molecular weight is 520 g/mol. The van der Waals surface area contributed by atoms with Crippen LogP contribution in [0.1, 0.15) is 49.3 Å². The summed E-state index contributed by atoms with van der Waals surface area (Å²) in [6.45, 7) is 2.39. The molecule has 1 aromatic heterocycles. The summed E-state index contributed by atoms with van der Waals surface area (Å²) in [5.74, 6) is -1.31. The molecule has 1 saturated heterocycles. The number of carbonyl (C=O) groups is 2. The van der Waals surface area contributed by atoms with Crippen LogP contribution in [0.3, 0.4) is 0 Å². The van der Waals surface area contributed by atoms with Crippen LogP contribution in [0.25, 0.3) is 11.1 Å². The number of para-hydroxylation sites is 1. The summed E-state index contributed by atoms with van der Waals surface area (Å²) in [6, 6.07) is 11.8. The molecule has 37 heavy (non-hydrogen) atoms. The molecule has 0 bridgehead atoms. The molecule has 0 aliphatic carbocycles. The molecule has 4 atom stereocenters. The Morgan fingerprint density at radius 2 is 2.05 bits per heavy atom. The third kappa shape index (κ3) is 7.85. The fraction of sp³-hybridized carbons (Fsp3) is 0.444. The fourth-order valence-electron chi connectivity index (χ4n) is 4.53. The van der Waals surface area contributed by atoms with Gasteiger partial charge in [0.2, 0.25) is 0 Å². The third-order valence-corrected chi connectivity index (χ3v) is 6.50. The summed E-state index contributed by atoms with van der Waals surface area (Å²) in [7, 11) is 0. The van der Waals surface area contributed by atoms with Gasteiger partial charge in [0, 0.05) is 30.9 Å². The van der Waals surface area contributed by atoms with Gasteiger partial charge in [0.05, 0.1) is 0 Å². The Bertz CT molecular complexity index is 1190. The first-order valence-corrected chi connectivity index (χ1v) is 12.3. The predicted molar refractivity (Wildman–Crippen MR) is 131 cm³/mol. The van der Waals surface area contributed by atoms with Gasteiger partial charge in [-0.1, -0.05) is 30.7 Å². The average Bonchev–Trinajstić information content (AvgIpc) is 3.51. The number of nitrogens with zero attached hydrogens (tertiary/aromatic N) is 1. The molecule has 0 saturated carbocycles. The van der Waals surface area contributed by atoms with E-state index in [0.29, 0.717) is 35.9 Å². The number of carbonyl (C=O) groups excluding carboxylic acids is 2. The van der Waals surface area contributed by atoms with E-state index in [9.17, 15) is 19.1 Å². The summed E-state index contributed by atoms with van der Waals surface area (Å²) < 4.78 is 25.6. The largest absolute Gasteiger partial charge is 1.00 e. The molecule has 192 valence electrons. The third-order valence-electron chi connectivity index (χ3n) is 6.50. The first-order valence-electron chi connectivity index (χ1n) is 12.3. The van der Waals surface area contributed by atoms with Gasteiger partial charge in [-0.3, -0.25) is 4.79 Å². The number of ether oxygens (including phenoxy) is 1. The Morgan fingerprint density at radius 1 is 1.24 bits per heavy atom. The number of nitrogens with one attached hydrogen (secondary N) is 2. The van der Waals surface area contributed by atoms with Crippen LogP contribution in [0.2, 0.25) is 0 Å². The van der Waals surface area contributed by atoms with Crippen LogP contribution in [0, 0.1) is 6.92 Å². The Hall–Kier alpha value is -2.30. The van der Waals surface area contributed by atoms with Gasteiger partial charge in [-0.05, 0) is 61.9 Å². The van der Waals surface area contributed by atoms with Crippen LogP contribution in [0.15, 0.2) is 53.3 Å². The second-order valence-electron chi connectivity index (χ2n) is 9.20. The number of oxazole rings is 1. The zero-order valence-corrected chi connectivity index (χ0v) is 23.2. The number of aliphatic carboxylic acids is 1. The SMILES string of the molecule is Cc1ccccc1NC(C(=O)C(OCCCCCC(=O)[O-])[C@@H]1C[C@H](F)CN1)c1ccc2ncoc2c1.[Na+]. The van der Waals surface area contributed by atoms with E-state index in [4.69, 9.17) is 9.15 Å². The number of fused-ring (bicyclic) bond motifs is 1. The number of carboxylic acids is 1. The van der Waals surface area contributed by atoms with Crippen molar-refractivity contribution in [1.82, 2.24) is 10.3 Å². The van der Waals surface area contributed by atoms with Crippen LogP contribution in [0.5, 0.6) is 0 Å². The summed E-state index contributed by atoms with van der Waals surface area (Å²) in [6.07, 6.45) is 1.28. The van der Waals surface area contributed by atoms with Gasteiger partial charge in [0.25, 0.3) is 0 Å². The van der Waals surface area contributed by atoms with Gasteiger partial charge >= 0.3 is 29.6 Å². The van der Waals surface area contributed by atoms with Gasteiger partial charge in [0.1, 0.15) is 23.8 Å². The second kappa shape index (κ2) is 14.0. The molecule has 1 aliphatic rings. The van der Waals surface area contributed by atoms with Gasteiger partial charge in [-0.15, -0.1) is 0 Å². The monoisotopic (exact) mass is 519 g/mol. The number of carboxylic acid groups (broad SMARTS) is 1. The summed E-state index contributed by atoms with van der Waals surface area (Å²) in [5.41, 5.74) is 3.71. The van der Waals surface area contributed by atoms with Crippen molar-refractivity contribution in [1.29, 1.82) is 0 Å². The van der Waals surface area contributed by atoms with Gasteiger partial charge in [-0.25, -0.2) is 9.37 Å². The molecule has 3 aromatic rings. The van der Waals surface area contributed by atoms with E-state index in [1.165, 1.54) is 6.39 Å². The molecule has 8 nitrogen and oxygen atoms in total. The van der Waals surface area contributed by atoms with Crippen molar-refractivity contribution in [2.24, 2.45) is 0 Å². The molecule has 10 heteroatoms. The Balaban J connectivity index is 0.00000380. The van der Waals surface area contributed by atoms with Crippen molar-refractivity contribution in [2.75, 3.05) is 18.5 Å². The summed E-state index contributed by atoms with van der Waals surface area (Å²) >= 11 is 0. The number of aromatic nitrogens is 1. The van der Waals surface area contributed by atoms with Crippen LogP contribution >= 0.6 is 0 Å². The molecule has 2 aromatic carbocycles. The van der Waals surface area contributed by atoms with E-state index in [2.05, 4.69) is 15.6 Å². The molecular formula is C27H31FN3NaO5. The minimum absolute atomic E-state index is 0. The molecule has 1 aliphatic heterocycles. The Labute approximate surface area is 237 Å². The molecule has 0 amide bonds. The van der Waals surface area contributed by atoms with E-state index >= 15 is 0 Å². The quantitative estimate of drug-likeness (QED) is 0.244. The Morgan fingerprint density at radius 3 is 2.78 bits per heavy atom. The zero-order chi connectivity index (χ0) is 25.5. The number of hydrogen-bond donors (Lipinski definition) is 2. The van der Waals surface area contributed by atoms with E-state index < -0.39 is 30.3 Å². The predicted octanol–water partition coefficient (Wildman–Crippen LogP) is 0.258. The summed E-state index contributed by atoms with van der Waals surface area (Å²) in [5, 5.41) is 17.1. The number of hydrogen-bond acceptors (Lipinski definition) is 8. The maximum absolute atomic E-state index is 14.1. The summed E-state index contributed by atoms with van der Waals surface area (Å²) in [4.78, 5) is 28.8. The molecule has 1 fully saturated rings. The minimum atomic E-state index is -1.08. The number of anilines is 1. The van der Waals surface area contributed by atoms with Crippen LogP contribution in [-0.2, 0) is 14.3 Å². The number of halogens is 1. The normalized spacial score (nSPS) is 18.8. The Kier molecular flexibility index (Phi) is 11.1. The fourth-order valence-corrected chi connectivity index (χ4v) is 4.53. The number of Topliss-reactive ketones (excluding diaryl/α,β-unsaturated/α-hetero) is 1. The van der Waals surface area contributed by atoms with E-state index in [1.54, 1.807) is 12.1 Å². The maximum atomic E-state index is 14.1. The molecule has 0 spiro atoms. The minimum Gasteiger partial charge on any atom is -0.550 e. The van der Waals surface area contributed by atoms with E-state index in [-0.39, 0.29) is 61.3 Å². The van der Waals surface area contributed by atoms with Crippen molar-refractivity contribution in [3.8, 4) is 0 Å². The number of rotatable bonds is 13. The first-order chi connectivity index (χ1) is 17.4. The maximum Gasteiger partial charge on any atom is 1.00 e. The molecule has 0 radical (unpaired) electrons. The van der Waals surface area contributed by atoms with Gasteiger partial charge < -0.3 is 29.7 Å². The van der Waals surface area contributed by atoms with Crippen LogP contribution < -0.4 is 45.3 Å². The van der Waals surface area contributed by atoms with Crippen molar-refractivity contribution < 1.29 is 57.8 Å². The smallest absolute Gasteiger partial charge is 0.550 e. The second-order valence-corrected chi connectivity index (χ2v) is 9.20. The molecule has 2 unspecified atom stereocenters. The van der Waals surface area contributed by atoms with Crippen molar-refractivity contribution in [2.45, 2.75) is 63.4 Å². The standard InChI is InChI=1S/C27H32FN3O5.Na/c1-17-7-4-5-8-20(17)31-25(18-10-11-21-23(13-18)36-16-30-21)26(34)27(22-14-19(28)15-29-22)35-12-6-2-3-9-24(32)33;/h4-5,7-8,10-11,13,16,19,22,25,27,29,31H,2-3,6,9,12,14-15H2,1H3,(H,32,33);/q;+1/p-1/t19-,22-,25?,27?;/m0./s1. The van der Waals surface area contributed by atoms with E-state index in [0.717, 1.165) is 11.3 Å².